The zero-order chi connectivity index (χ0) is 14.5. The van der Waals surface area contributed by atoms with Crippen molar-refractivity contribution in [2.75, 3.05) is 5.32 Å². The van der Waals surface area contributed by atoms with Crippen LogP contribution >= 0.6 is 0 Å². The van der Waals surface area contributed by atoms with Crippen molar-refractivity contribution in [3.05, 3.63) is 47.8 Å². The van der Waals surface area contributed by atoms with Gasteiger partial charge in [0.15, 0.2) is 0 Å². The smallest absolute Gasteiger partial charge is 0.338 e. The minimum atomic E-state index is -1.28. The Kier molecular flexibility index (Phi) is 4.34. The number of nitrogens with one attached hydrogen (secondary N) is 1. The molecule has 2 rings (SSSR count). The van der Waals surface area contributed by atoms with Crippen LogP contribution in [0.25, 0.3) is 0 Å². The Labute approximate surface area is 116 Å². The number of aromatic nitrogens is 2. The molecule has 0 radical (unpaired) electrons. The summed E-state index contributed by atoms with van der Waals surface area (Å²) in [5.74, 6) is -1.16. The summed E-state index contributed by atoms with van der Waals surface area (Å²) in [5.41, 5.74) is 0.210. The fraction of sp³-hybridized carbons (Fsp3) is 0.286. The van der Waals surface area contributed by atoms with Crippen LogP contribution in [-0.4, -0.2) is 20.6 Å². The van der Waals surface area contributed by atoms with Crippen molar-refractivity contribution in [1.82, 2.24) is 9.55 Å². The van der Waals surface area contributed by atoms with Gasteiger partial charge in [0.1, 0.15) is 11.6 Å². The monoisotopic (exact) mass is 277 g/mol. The van der Waals surface area contributed by atoms with Crippen LogP contribution in [0, 0.1) is 5.82 Å². The second-order valence-electron chi connectivity index (χ2n) is 4.39. The normalized spacial score (nSPS) is 10.5. The van der Waals surface area contributed by atoms with Crippen LogP contribution < -0.4 is 5.32 Å². The molecule has 0 saturated carbocycles. The second-order valence-corrected chi connectivity index (χ2v) is 4.39. The Morgan fingerprint density at radius 3 is 3.00 bits per heavy atom. The molecular formula is C14H16FN3O2. The number of hydrogen-bond donors (Lipinski definition) is 2. The Hall–Kier alpha value is -2.37. The molecule has 1 aromatic heterocycles. The lowest BCUT2D eigenvalue weighted by atomic mass is 10.2. The van der Waals surface area contributed by atoms with E-state index in [1.54, 1.807) is 6.20 Å². The van der Waals surface area contributed by atoms with E-state index >= 15 is 0 Å². The molecule has 0 saturated heterocycles. The number of carbonyl (C=O) groups is 1. The predicted molar refractivity (Wildman–Crippen MR) is 73.2 cm³/mol. The van der Waals surface area contributed by atoms with Gasteiger partial charge in [0.2, 0.25) is 0 Å². The molecule has 0 unspecified atom stereocenters. The quantitative estimate of drug-likeness (QED) is 0.852. The molecule has 0 spiro atoms. The van der Waals surface area contributed by atoms with Gasteiger partial charge in [-0.15, -0.1) is 0 Å². The minimum absolute atomic E-state index is 0.341. The first-order chi connectivity index (χ1) is 9.61. The van der Waals surface area contributed by atoms with Crippen LogP contribution in [0.2, 0.25) is 0 Å². The van der Waals surface area contributed by atoms with Crippen LogP contribution in [0.4, 0.5) is 10.1 Å². The summed E-state index contributed by atoms with van der Waals surface area (Å²) in [5, 5.41) is 11.9. The van der Waals surface area contributed by atoms with E-state index in [-0.39, 0.29) is 5.56 Å². The van der Waals surface area contributed by atoms with Crippen molar-refractivity contribution in [2.45, 2.75) is 26.4 Å². The third-order valence-electron chi connectivity index (χ3n) is 2.91. The summed E-state index contributed by atoms with van der Waals surface area (Å²) >= 11 is 0. The summed E-state index contributed by atoms with van der Waals surface area (Å²) in [4.78, 5) is 15.1. The van der Waals surface area contributed by atoms with Crippen molar-refractivity contribution < 1.29 is 14.3 Å². The van der Waals surface area contributed by atoms with E-state index in [1.807, 2.05) is 10.8 Å². The standard InChI is InChI=1S/C14H16FN3O2/c1-2-6-18-7-5-16-13(18)9-17-10-3-4-12(15)11(8-10)14(19)20/h3-5,7-8,17H,2,6,9H2,1H3,(H,19,20). The van der Waals surface area contributed by atoms with E-state index in [4.69, 9.17) is 5.11 Å². The number of aryl methyl sites for hydroxylation is 1. The van der Waals surface area contributed by atoms with Crippen LogP contribution in [0.15, 0.2) is 30.6 Å². The van der Waals surface area contributed by atoms with Gasteiger partial charge in [0, 0.05) is 24.6 Å². The molecule has 0 aliphatic heterocycles. The number of hydrogen-bond acceptors (Lipinski definition) is 3. The molecule has 5 nitrogen and oxygen atoms in total. The van der Waals surface area contributed by atoms with E-state index in [9.17, 15) is 9.18 Å². The van der Waals surface area contributed by atoms with Gasteiger partial charge in [0.25, 0.3) is 0 Å². The number of nitrogens with zero attached hydrogens (tertiary/aromatic N) is 2. The summed E-state index contributed by atoms with van der Waals surface area (Å²) in [7, 11) is 0. The number of aromatic carboxylic acids is 1. The Morgan fingerprint density at radius 2 is 2.30 bits per heavy atom. The molecule has 1 aromatic carbocycles. The van der Waals surface area contributed by atoms with Crippen LogP contribution in [0.5, 0.6) is 0 Å². The minimum Gasteiger partial charge on any atom is -0.478 e. The largest absolute Gasteiger partial charge is 0.478 e. The van der Waals surface area contributed by atoms with E-state index in [1.165, 1.54) is 12.1 Å². The molecule has 0 aliphatic rings. The molecule has 0 aliphatic carbocycles. The zero-order valence-electron chi connectivity index (χ0n) is 11.1. The molecule has 0 atom stereocenters. The number of halogens is 1. The van der Waals surface area contributed by atoms with Crippen molar-refractivity contribution in [3.8, 4) is 0 Å². The highest BCUT2D eigenvalue weighted by Crippen LogP contribution is 2.15. The maximum atomic E-state index is 13.3. The number of benzene rings is 1. The molecule has 0 bridgehead atoms. The van der Waals surface area contributed by atoms with Gasteiger partial charge in [-0.1, -0.05) is 6.92 Å². The average Bonchev–Trinajstić information content (AvgIpc) is 2.85. The maximum Gasteiger partial charge on any atom is 0.338 e. The maximum absolute atomic E-state index is 13.3. The molecule has 106 valence electrons. The highest BCUT2D eigenvalue weighted by Gasteiger charge is 2.11. The Bertz CT molecular complexity index is 610. The first kappa shape index (κ1) is 14.0. The fourth-order valence-electron chi connectivity index (χ4n) is 1.93. The number of rotatable bonds is 6. The number of anilines is 1. The van der Waals surface area contributed by atoms with Gasteiger partial charge in [-0.05, 0) is 24.6 Å². The Morgan fingerprint density at radius 1 is 1.50 bits per heavy atom. The topological polar surface area (TPSA) is 67.2 Å². The SMILES string of the molecule is CCCn1ccnc1CNc1ccc(F)c(C(=O)O)c1. The predicted octanol–water partition coefficient (Wildman–Crippen LogP) is 2.74. The Balaban J connectivity index is 2.09. The highest BCUT2D eigenvalue weighted by molar-refractivity contribution is 5.89. The van der Waals surface area contributed by atoms with Gasteiger partial charge < -0.3 is 15.0 Å². The third kappa shape index (κ3) is 3.14. The molecule has 0 amide bonds. The van der Waals surface area contributed by atoms with E-state index in [2.05, 4.69) is 17.2 Å². The summed E-state index contributed by atoms with van der Waals surface area (Å²) in [6, 6.07) is 3.93. The van der Waals surface area contributed by atoms with E-state index in [0.29, 0.717) is 12.2 Å². The molecule has 6 heteroatoms. The lowest BCUT2D eigenvalue weighted by Gasteiger charge is -2.09. The van der Waals surface area contributed by atoms with Crippen LogP contribution in [0.3, 0.4) is 0 Å². The highest BCUT2D eigenvalue weighted by atomic mass is 19.1. The lowest BCUT2D eigenvalue weighted by Crippen LogP contribution is -2.09. The molecule has 2 aromatic rings. The van der Waals surface area contributed by atoms with Crippen LogP contribution in [0.1, 0.15) is 29.5 Å². The fourth-order valence-corrected chi connectivity index (χ4v) is 1.93. The molecule has 20 heavy (non-hydrogen) atoms. The number of carboxylic acids is 1. The van der Waals surface area contributed by atoms with Crippen molar-refractivity contribution in [2.24, 2.45) is 0 Å². The lowest BCUT2D eigenvalue weighted by molar-refractivity contribution is 0.0692. The van der Waals surface area contributed by atoms with Gasteiger partial charge in [-0.2, -0.15) is 0 Å². The van der Waals surface area contributed by atoms with Crippen molar-refractivity contribution in [1.29, 1.82) is 0 Å². The summed E-state index contributed by atoms with van der Waals surface area (Å²) in [6.07, 6.45) is 4.62. The third-order valence-corrected chi connectivity index (χ3v) is 2.91. The average molecular weight is 277 g/mol. The summed E-state index contributed by atoms with van der Waals surface area (Å²) < 4.78 is 15.3. The molecule has 2 N–H and O–H groups in total. The second kappa shape index (κ2) is 6.18. The van der Waals surface area contributed by atoms with Crippen LogP contribution in [-0.2, 0) is 13.1 Å². The first-order valence-corrected chi connectivity index (χ1v) is 6.38. The van der Waals surface area contributed by atoms with Gasteiger partial charge >= 0.3 is 5.97 Å². The molecule has 1 heterocycles. The van der Waals surface area contributed by atoms with Gasteiger partial charge in [-0.25, -0.2) is 14.2 Å². The molecule has 0 fully saturated rings. The number of carboxylic acid groups (broad SMARTS) is 1. The first-order valence-electron chi connectivity index (χ1n) is 6.38. The van der Waals surface area contributed by atoms with Gasteiger partial charge in [0.05, 0.1) is 12.1 Å². The zero-order valence-corrected chi connectivity index (χ0v) is 11.1. The van der Waals surface area contributed by atoms with E-state index < -0.39 is 11.8 Å². The summed E-state index contributed by atoms with van der Waals surface area (Å²) in [6.45, 7) is 3.41. The van der Waals surface area contributed by atoms with E-state index in [0.717, 1.165) is 24.9 Å². The molecular weight excluding hydrogens is 261 g/mol. The number of imidazole rings is 1. The van der Waals surface area contributed by atoms with Crippen molar-refractivity contribution in [3.63, 3.8) is 0 Å². The van der Waals surface area contributed by atoms with Gasteiger partial charge in [-0.3, -0.25) is 0 Å². The van der Waals surface area contributed by atoms with Crippen molar-refractivity contribution >= 4 is 11.7 Å².